The molecule has 6 heteroatoms. The second-order valence-corrected chi connectivity index (χ2v) is 8.40. The van der Waals surface area contributed by atoms with Gasteiger partial charge in [0.2, 0.25) is 0 Å². The van der Waals surface area contributed by atoms with Crippen LogP contribution in [0.2, 0.25) is 0 Å². The molecule has 0 radical (unpaired) electrons. The van der Waals surface area contributed by atoms with Gasteiger partial charge in [0.25, 0.3) is 0 Å². The van der Waals surface area contributed by atoms with Crippen molar-refractivity contribution in [2.24, 2.45) is 0 Å². The average Bonchev–Trinajstić information content (AvgIpc) is 2.48. The summed E-state index contributed by atoms with van der Waals surface area (Å²) in [5, 5.41) is 9.17. The molecule has 0 saturated heterocycles. The fourth-order valence-electron chi connectivity index (χ4n) is 2.99. The quantitative estimate of drug-likeness (QED) is 0.248. The maximum absolute atomic E-state index is 11.1. The van der Waals surface area contributed by atoms with E-state index in [1.807, 2.05) is 6.92 Å². The van der Waals surface area contributed by atoms with Crippen LogP contribution in [0, 0.1) is 0 Å². The first-order valence-electron chi connectivity index (χ1n) is 9.54. The molecule has 0 aromatic heterocycles. The second kappa shape index (κ2) is 17.9. The molecule has 0 aliphatic carbocycles. The van der Waals surface area contributed by atoms with Gasteiger partial charge in [-0.1, -0.05) is 78.1 Å². The summed E-state index contributed by atoms with van der Waals surface area (Å²) in [5.41, 5.74) is 0. The van der Waals surface area contributed by atoms with E-state index in [4.69, 9.17) is 0 Å². The molecule has 0 aliphatic heterocycles. The van der Waals surface area contributed by atoms with Crippen LogP contribution in [0.4, 0.5) is 0 Å². The van der Waals surface area contributed by atoms with Crippen LogP contribution < -0.4 is 51.4 Å². The molecular formula is C18H37KO4S. The van der Waals surface area contributed by atoms with Crippen molar-refractivity contribution in [3.63, 3.8) is 0 Å². The Morgan fingerprint density at radius 1 is 0.750 bits per heavy atom. The van der Waals surface area contributed by atoms with Crippen LogP contribution >= 0.6 is 0 Å². The van der Waals surface area contributed by atoms with Gasteiger partial charge in [0.15, 0.2) is 0 Å². The third-order valence-corrected chi connectivity index (χ3v) is 5.76. The van der Waals surface area contributed by atoms with Crippen LogP contribution in [0.5, 0.6) is 0 Å². The van der Waals surface area contributed by atoms with Gasteiger partial charge in [-0.2, -0.15) is 0 Å². The summed E-state index contributed by atoms with van der Waals surface area (Å²) in [4.78, 5) is 0. The maximum Gasteiger partial charge on any atom is 1.00 e. The normalized spacial score (nSPS) is 14.2. The molecule has 4 nitrogen and oxygen atoms in total. The molecule has 0 bridgehead atoms. The van der Waals surface area contributed by atoms with E-state index >= 15 is 0 Å². The van der Waals surface area contributed by atoms with E-state index in [2.05, 4.69) is 6.92 Å². The Balaban J connectivity index is 0. The summed E-state index contributed by atoms with van der Waals surface area (Å²) in [7, 11) is -4.13. The zero-order valence-electron chi connectivity index (χ0n) is 16.1. The molecule has 0 fully saturated rings. The molecule has 0 aromatic carbocycles. The van der Waals surface area contributed by atoms with E-state index in [1.54, 1.807) is 0 Å². The fourth-order valence-corrected chi connectivity index (χ4v) is 3.97. The van der Waals surface area contributed by atoms with E-state index in [-0.39, 0.29) is 57.5 Å². The van der Waals surface area contributed by atoms with Crippen molar-refractivity contribution in [1.82, 2.24) is 0 Å². The molecular weight excluding hydrogens is 351 g/mol. The van der Waals surface area contributed by atoms with Crippen LogP contribution in [-0.2, 0) is 10.1 Å². The first kappa shape index (κ1) is 27.7. The van der Waals surface area contributed by atoms with Crippen molar-refractivity contribution in [3.05, 3.63) is 0 Å². The van der Waals surface area contributed by atoms with Crippen LogP contribution in [0.15, 0.2) is 0 Å². The predicted octanol–water partition coefficient (Wildman–Crippen LogP) is 1.77. The minimum Gasteiger partial charge on any atom is -0.748 e. The maximum atomic E-state index is 11.1. The van der Waals surface area contributed by atoms with Gasteiger partial charge in [0.05, 0.1) is 16.2 Å². The summed E-state index contributed by atoms with van der Waals surface area (Å²) in [6, 6.07) is 0. The summed E-state index contributed by atoms with van der Waals surface area (Å²) >= 11 is 0. The smallest absolute Gasteiger partial charge is 0.748 e. The largest absolute Gasteiger partial charge is 1.00 e. The van der Waals surface area contributed by atoms with Gasteiger partial charge in [-0.25, -0.2) is 8.42 Å². The zero-order valence-corrected chi connectivity index (χ0v) is 20.1. The standard InChI is InChI=1S/C18H38O4S.K/c1-3-5-6-10-14-17(19)15-11-8-7-9-12-16-18(13-4-2)23(20,21)22;/h17-19H,3-16H2,1-2H3,(H,20,21,22);/q;+1/p-1. The topological polar surface area (TPSA) is 77.4 Å². The minimum absolute atomic E-state index is 0. The third-order valence-electron chi connectivity index (χ3n) is 4.47. The first-order valence-corrected chi connectivity index (χ1v) is 11.0. The Morgan fingerprint density at radius 2 is 1.21 bits per heavy atom. The molecule has 0 amide bonds. The third kappa shape index (κ3) is 16.9. The Kier molecular flexibility index (Phi) is 20.7. The van der Waals surface area contributed by atoms with Gasteiger partial charge < -0.3 is 9.66 Å². The number of hydrogen-bond acceptors (Lipinski definition) is 4. The van der Waals surface area contributed by atoms with Crippen LogP contribution in [-0.4, -0.2) is 29.4 Å². The van der Waals surface area contributed by atoms with E-state index in [9.17, 15) is 18.1 Å². The van der Waals surface area contributed by atoms with Crippen molar-refractivity contribution >= 4 is 10.1 Å². The Hall–Kier alpha value is 1.51. The van der Waals surface area contributed by atoms with Crippen LogP contribution in [0.1, 0.15) is 104 Å². The summed E-state index contributed by atoms with van der Waals surface area (Å²) in [6.07, 6.45) is 13.1. The van der Waals surface area contributed by atoms with Crippen LogP contribution in [0.3, 0.4) is 0 Å². The van der Waals surface area contributed by atoms with Gasteiger partial charge in [-0.15, -0.1) is 0 Å². The molecule has 0 saturated carbocycles. The molecule has 24 heavy (non-hydrogen) atoms. The Labute approximate surface area is 192 Å². The summed E-state index contributed by atoms with van der Waals surface area (Å²) in [6.45, 7) is 4.10. The zero-order chi connectivity index (χ0) is 17.6. The molecule has 1 N–H and O–H groups in total. The van der Waals surface area contributed by atoms with Gasteiger partial charge in [-0.05, 0) is 25.7 Å². The first-order chi connectivity index (χ1) is 10.9. The number of aliphatic hydroxyl groups excluding tert-OH is 1. The Bertz CT molecular complexity index is 360. The summed E-state index contributed by atoms with van der Waals surface area (Å²) < 4.78 is 33.3. The van der Waals surface area contributed by atoms with E-state index < -0.39 is 15.4 Å². The van der Waals surface area contributed by atoms with E-state index in [0.29, 0.717) is 12.8 Å². The van der Waals surface area contributed by atoms with Crippen molar-refractivity contribution in [3.8, 4) is 0 Å². The van der Waals surface area contributed by atoms with Crippen LogP contribution in [0.25, 0.3) is 0 Å². The monoisotopic (exact) mass is 388 g/mol. The predicted molar refractivity (Wildman–Crippen MR) is 95.5 cm³/mol. The van der Waals surface area contributed by atoms with Crippen molar-refractivity contribution in [2.45, 2.75) is 115 Å². The molecule has 0 aromatic rings. The summed E-state index contributed by atoms with van der Waals surface area (Å²) in [5.74, 6) is 0. The molecule has 0 heterocycles. The molecule has 2 atom stereocenters. The number of unbranched alkanes of at least 4 members (excludes halogenated alkanes) is 7. The van der Waals surface area contributed by atoms with Crippen molar-refractivity contribution in [2.75, 3.05) is 0 Å². The molecule has 2 unspecified atom stereocenters. The molecule has 0 rings (SSSR count). The fraction of sp³-hybridized carbons (Fsp3) is 1.00. The van der Waals surface area contributed by atoms with E-state index in [0.717, 1.165) is 57.8 Å². The Morgan fingerprint density at radius 3 is 1.67 bits per heavy atom. The van der Waals surface area contributed by atoms with Crippen molar-refractivity contribution < 1.29 is 69.5 Å². The van der Waals surface area contributed by atoms with Gasteiger partial charge in [0, 0.05) is 5.25 Å². The van der Waals surface area contributed by atoms with Gasteiger partial charge in [-0.3, -0.25) is 0 Å². The number of aliphatic hydroxyl groups is 1. The molecule has 0 aliphatic rings. The average molecular weight is 389 g/mol. The SMILES string of the molecule is CCCCCCC(O)CCCCCCCC(CCC)S(=O)(=O)[O-].[K+]. The van der Waals surface area contributed by atoms with Crippen molar-refractivity contribution in [1.29, 1.82) is 0 Å². The number of rotatable bonds is 16. The second-order valence-electron chi connectivity index (χ2n) is 6.75. The molecule has 0 spiro atoms. The van der Waals surface area contributed by atoms with Gasteiger partial charge in [0.1, 0.15) is 0 Å². The number of hydrogen-bond donors (Lipinski definition) is 1. The minimum atomic E-state index is -4.13. The molecule has 140 valence electrons. The van der Waals surface area contributed by atoms with Gasteiger partial charge >= 0.3 is 51.4 Å². The van der Waals surface area contributed by atoms with E-state index in [1.165, 1.54) is 19.3 Å².